The van der Waals surface area contributed by atoms with Gasteiger partial charge in [0.1, 0.15) is 0 Å². The summed E-state index contributed by atoms with van der Waals surface area (Å²) in [5.74, 6) is 0. The molecule has 84 valence electrons. The maximum absolute atomic E-state index is 6.05. The highest BCUT2D eigenvalue weighted by atomic mass is 35.5. The van der Waals surface area contributed by atoms with E-state index >= 15 is 0 Å². The number of hydrogen-bond donors (Lipinski definition) is 0. The van der Waals surface area contributed by atoms with Crippen LogP contribution in [0.4, 0.5) is 0 Å². The second-order valence-corrected chi connectivity index (χ2v) is 4.59. The number of nitrogens with zero attached hydrogens (tertiary/aromatic N) is 1. The molecular weight excluding hydrogens is 230 g/mol. The van der Waals surface area contributed by atoms with Crippen molar-refractivity contribution < 1.29 is 0 Å². The minimum Gasteiger partial charge on any atom is -0.317 e. The zero-order valence-corrected chi connectivity index (χ0v) is 10.3. The van der Waals surface area contributed by atoms with Crippen molar-refractivity contribution in [1.82, 2.24) is 4.57 Å². The van der Waals surface area contributed by atoms with Crippen molar-refractivity contribution >= 4 is 22.5 Å². The van der Waals surface area contributed by atoms with E-state index in [4.69, 9.17) is 11.6 Å². The van der Waals surface area contributed by atoms with Gasteiger partial charge < -0.3 is 4.57 Å². The van der Waals surface area contributed by atoms with Gasteiger partial charge in [-0.05, 0) is 48.2 Å². The van der Waals surface area contributed by atoms with Crippen LogP contribution in [-0.2, 0) is 0 Å². The van der Waals surface area contributed by atoms with Crippen molar-refractivity contribution in [1.29, 1.82) is 0 Å². The monoisotopic (exact) mass is 241 g/mol. The molecule has 1 heterocycles. The van der Waals surface area contributed by atoms with Crippen molar-refractivity contribution in [3.05, 3.63) is 65.3 Å². The molecule has 1 nitrogen and oxygen atoms in total. The topological polar surface area (TPSA) is 4.93 Å². The van der Waals surface area contributed by atoms with Gasteiger partial charge in [-0.15, -0.1) is 0 Å². The normalized spacial score (nSPS) is 10.9. The molecule has 0 aliphatic heterocycles. The zero-order chi connectivity index (χ0) is 11.8. The SMILES string of the molecule is Cc1cc(-n2ccc3ccccc32)ccc1Cl. The largest absolute Gasteiger partial charge is 0.317 e. The average Bonchev–Trinajstić information content (AvgIpc) is 2.76. The Morgan fingerprint density at radius 2 is 1.82 bits per heavy atom. The van der Waals surface area contributed by atoms with E-state index in [0.717, 1.165) is 16.3 Å². The fourth-order valence-corrected chi connectivity index (χ4v) is 2.20. The lowest BCUT2D eigenvalue weighted by molar-refractivity contribution is 1.12. The number of para-hydroxylation sites is 1. The lowest BCUT2D eigenvalue weighted by atomic mass is 10.2. The smallest absolute Gasteiger partial charge is 0.0528 e. The quantitative estimate of drug-likeness (QED) is 0.587. The first-order valence-corrected chi connectivity index (χ1v) is 5.96. The van der Waals surface area contributed by atoms with Crippen LogP contribution in [0.5, 0.6) is 0 Å². The second kappa shape index (κ2) is 3.94. The standard InChI is InChI=1S/C15H12ClN/c1-11-10-13(6-7-14(11)16)17-9-8-12-4-2-3-5-15(12)17/h2-10H,1H3. The van der Waals surface area contributed by atoms with Crippen LogP contribution in [0.3, 0.4) is 0 Å². The molecule has 3 rings (SSSR count). The maximum Gasteiger partial charge on any atom is 0.0528 e. The number of aromatic nitrogens is 1. The minimum absolute atomic E-state index is 0.810. The predicted octanol–water partition coefficient (Wildman–Crippen LogP) is 4.59. The molecule has 0 radical (unpaired) electrons. The molecule has 0 saturated carbocycles. The Morgan fingerprint density at radius 1 is 1.00 bits per heavy atom. The summed E-state index contributed by atoms with van der Waals surface area (Å²) in [6.07, 6.45) is 2.09. The van der Waals surface area contributed by atoms with Crippen molar-refractivity contribution in [2.75, 3.05) is 0 Å². The number of halogens is 1. The molecule has 0 bridgehead atoms. The van der Waals surface area contributed by atoms with Crippen LogP contribution in [0.25, 0.3) is 16.6 Å². The first kappa shape index (κ1) is 10.4. The number of benzene rings is 2. The molecule has 0 amide bonds. The van der Waals surface area contributed by atoms with Crippen LogP contribution in [0, 0.1) is 6.92 Å². The molecule has 1 aromatic heterocycles. The van der Waals surface area contributed by atoms with Crippen LogP contribution >= 0.6 is 11.6 Å². The van der Waals surface area contributed by atoms with E-state index in [1.807, 2.05) is 19.1 Å². The van der Waals surface area contributed by atoms with Crippen LogP contribution in [-0.4, -0.2) is 4.57 Å². The van der Waals surface area contributed by atoms with E-state index in [-0.39, 0.29) is 0 Å². The summed E-state index contributed by atoms with van der Waals surface area (Å²) in [5.41, 5.74) is 3.46. The zero-order valence-electron chi connectivity index (χ0n) is 9.52. The van der Waals surface area contributed by atoms with E-state index in [9.17, 15) is 0 Å². The third kappa shape index (κ3) is 1.73. The molecule has 0 N–H and O–H groups in total. The molecule has 3 aromatic rings. The average molecular weight is 242 g/mol. The Hall–Kier alpha value is -1.73. The molecule has 0 aliphatic rings. The number of aryl methyl sites for hydroxylation is 1. The minimum atomic E-state index is 0.810. The van der Waals surface area contributed by atoms with Gasteiger partial charge in [0.25, 0.3) is 0 Å². The summed E-state index contributed by atoms with van der Waals surface area (Å²) >= 11 is 6.05. The van der Waals surface area contributed by atoms with Crippen LogP contribution in [0.15, 0.2) is 54.7 Å². The van der Waals surface area contributed by atoms with Gasteiger partial charge in [0.15, 0.2) is 0 Å². The van der Waals surface area contributed by atoms with E-state index in [0.29, 0.717) is 0 Å². The summed E-state index contributed by atoms with van der Waals surface area (Å²) in [7, 11) is 0. The molecule has 0 spiro atoms. The lowest BCUT2D eigenvalue weighted by Gasteiger charge is -2.07. The molecule has 17 heavy (non-hydrogen) atoms. The van der Waals surface area contributed by atoms with E-state index in [1.54, 1.807) is 0 Å². The number of hydrogen-bond acceptors (Lipinski definition) is 0. The highest BCUT2D eigenvalue weighted by Gasteiger charge is 2.03. The summed E-state index contributed by atoms with van der Waals surface area (Å²) in [6, 6.07) is 16.6. The second-order valence-electron chi connectivity index (χ2n) is 4.18. The third-order valence-electron chi connectivity index (χ3n) is 3.02. The molecule has 0 saturated heterocycles. The van der Waals surface area contributed by atoms with Crippen LogP contribution in [0.1, 0.15) is 5.56 Å². The molecule has 2 heteroatoms. The molecule has 0 aliphatic carbocycles. The fourth-order valence-electron chi connectivity index (χ4n) is 2.09. The van der Waals surface area contributed by atoms with Gasteiger partial charge in [0, 0.05) is 16.9 Å². The van der Waals surface area contributed by atoms with E-state index in [2.05, 4.69) is 47.2 Å². The summed E-state index contributed by atoms with van der Waals surface area (Å²) in [6.45, 7) is 2.03. The van der Waals surface area contributed by atoms with Gasteiger partial charge in [-0.3, -0.25) is 0 Å². The Morgan fingerprint density at radius 3 is 2.65 bits per heavy atom. The Bertz CT molecular complexity index is 682. The predicted molar refractivity (Wildman–Crippen MR) is 73.0 cm³/mol. The van der Waals surface area contributed by atoms with Gasteiger partial charge in [-0.25, -0.2) is 0 Å². The Labute approximate surface area is 105 Å². The Balaban J connectivity index is 2.24. The fraction of sp³-hybridized carbons (Fsp3) is 0.0667. The van der Waals surface area contributed by atoms with Crippen molar-refractivity contribution in [3.8, 4) is 5.69 Å². The molecule has 2 aromatic carbocycles. The van der Waals surface area contributed by atoms with Gasteiger partial charge in [-0.1, -0.05) is 29.8 Å². The summed E-state index contributed by atoms with van der Waals surface area (Å²) < 4.78 is 2.18. The third-order valence-corrected chi connectivity index (χ3v) is 3.44. The van der Waals surface area contributed by atoms with Gasteiger partial charge in [-0.2, -0.15) is 0 Å². The van der Waals surface area contributed by atoms with Crippen LogP contribution in [0.2, 0.25) is 5.02 Å². The first-order chi connectivity index (χ1) is 8.25. The van der Waals surface area contributed by atoms with Crippen LogP contribution < -0.4 is 0 Å². The lowest BCUT2D eigenvalue weighted by Crippen LogP contribution is -1.92. The van der Waals surface area contributed by atoms with E-state index in [1.165, 1.54) is 10.9 Å². The van der Waals surface area contributed by atoms with Gasteiger partial charge in [0.2, 0.25) is 0 Å². The number of fused-ring (bicyclic) bond motifs is 1. The van der Waals surface area contributed by atoms with E-state index < -0.39 is 0 Å². The highest BCUT2D eigenvalue weighted by Crippen LogP contribution is 2.23. The molecular formula is C15H12ClN. The Kier molecular flexibility index (Phi) is 2.41. The molecule has 0 fully saturated rings. The summed E-state index contributed by atoms with van der Waals surface area (Å²) in [5, 5.41) is 2.06. The summed E-state index contributed by atoms with van der Waals surface area (Å²) in [4.78, 5) is 0. The van der Waals surface area contributed by atoms with Crippen molar-refractivity contribution in [2.24, 2.45) is 0 Å². The van der Waals surface area contributed by atoms with Crippen molar-refractivity contribution in [3.63, 3.8) is 0 Å². The van der Waals surface area contributed by atoms with Crippen molar-refractivity contribution in [2.45, 2.75) is 6.92 Å². The number of rotatable bonds is 1. The highest BCUT2D eigenvalue weighted by molar-refractivity contribution is 6.31. The van der Waals surface area contributed by atoms with Gasteiger partial charge in [0.05, 0.1) is 5.52 Å². The van der Waals surface area contributed by atoms with Gasteiger partial charge >= 0.3 is 0 Å². The first-order valence-electron chi connectivity index (χ1n) is 5.58. The molecule has 0 unspecified atom stereocenters. The maximum atomic E-state index is 6.05. The molecule has 0 atom stereocenters.